The number of benzene rings is 2. The molecule has 0 unspecified atom stereocenters. The minimum Gasteiger partial charge on any atom is -0.497 e. The van der Waals surface area contributed by atoms with Crippen LogP contribution in [-0.4, -0.2) is 17.1 Å². The Bertz CT molecular complexity index is 892. The molecule has 0 atom stereocenters. The zero-order valence-electron chi connectivity index (χ0n) is 13.7. The van der Waals surface area contributed by atoms with Crippen LogP contribution in [0.3, 0.4) is 0 Å². The van der Waals surface area contributed by atoms with Gasteiger partial charge in [-0.3, -0.25) is 0 Å². The van der Waals surface area contributed by atoms with Crippen LogP contribution in [0.1, 0.15) is 16.8 Å². The van der Waals surface area contributed by atoms with E-state index in [1.165, 1.54) is 6.07 Å². The lowest BCUT2D eigenvalue weighted by Gasteiger charge is -2.11. The van der Waals surface area contributed by atoms with Crippen molar-refractivity contribution in [2.24, 2.45) is 0 Å². The molecular weight excluding hydrogens is 331 g/mol. The fourth-order valence-corrected chi connectivity index (χ4v) is 2.42. The molecule has 0 spiro atoms. The van der Waals surface area contributed by atoms with Gasteiger partial charge in [-0.15, -0.1) is 0 Å². The first kappa shape index (κ1) is 17.0. The van der Waals surface area contributed by atoms with Gasteiger partial charge in [-0.1, -0.05) is 12.1 Å². The van der Waals surface area contributed by atoms with E-state index in [2.05, 4.69) is 15.3 Å². The first-order valence-electron chi connectivity index (χ1n) is 7.59. The van der Waals surface area contributed by atoms with Crippen molar-refractivity contribution >= 4 is 16.9 Å². The highest BCUT2D eigenvalue weighted by molar-refractivity contribution is 5.77. The van der Waals surface area contributed by atoms with E-state index in [9.17, 15) is 13.2 Å². The number of aromatic nitrogens is 2. The average Bonchev–Trinajstić information content (AvgIpc) is 2.59. The van der Waals surface area contributed by atoms with Crippen LogP contribution in [0.15, 0.2) is 42.5 Å². The van der Waals surface area contributed by atoms with E-state index < -0.39 is 11.7 Å². The van der Waals surface area contributed by atoms with Gasteiger partial charge in [0.2, 0.25) is 0 Å². The predicted molar refractivity (Wildman–Crippen MR) is 89.6 cm³/mol. The molecule has 0 radical (unpaired) electrons. The third kappa shape index (κ3) is 3.81. The van der Waals surface area contributed by atoms with Crippen molar-refractivity contribution in [3.05, 3.63) is 59.3 Å². The lowest BCUT2D eigenvalue weighted by molar-refractivity contribution is -0.137. The Morgan fingerprint density at radius 2 is 1.72 bits per heavy atom. The van der Waals surface area contributed by atoms with Crippen LogP contribution < -0.4 is 10.1 Å². The molecule has 0 saturated heterocycles. The highest BCUT2D eigenvalue weighted by Gasteiger charge is 2.30. The second-order valence-corrected chi connectivity index (χ2v) is 5.56. The van der Waals surface area contributed by atoms with Crippen molar-refractivity contribution in [2.75, 3.05) is 12.4 Å². The number of fused-ring (bicyclic) bond motifs is 1. The van der Waals surface area contributed by atoms with Gasteiger partial charge in [0.1, 0.15) is 11.6 Å². The Balaban J connectivity index is 1.85. The van der Waals surface area contributed by atoms with Crippen molar-refractivity contribution in [1.82, 2.24) is 9.97 Å². The van der Waals surface area contributed by atoms with Gasteiger partial charge in [-0.25, -0.2) is 9.97 Å². The second-order valence-electron chi connectivity index (χ2n) is 5.56. The maximum absolute atomic E-state index is 12.9. The number of hydrogen-bond acceptors (Lipinski definition) is 4. The number of rotatable bonds is 4. The minimum atomic E-state index is -4.41. The third-order valence-corrected chi connectivity index (χ3v) is 3.78. The van der Waals surface area contributed by atoms with Crippen LogP contribution in [0.5, 0.6) is 5.75 Å². The number of ether oxygens (including phenoxy) is 1. The van der Waals surface area contributed by atoms with Crippen LogP contribution in [0.2, 0.25) is 0 Å². The van der Waals surface area contributed by atoms with Crippen molar-refractivity contribution in [3.63, 3.8) is 0 Å². The van der Waals surface area contributed by atoms with Gasteiger partial charge in [0.05, 0.1) is 29.4 Å². The lowest BCUT2D eigenvalue weighted by Crippen LogP contribution is -2.07. The zero-order valence-corrected chi connectivity index (χ0v) is 13.7. The fourth-order valence-electron chi connectivity index (χ4n) is 2.42. The summed E-state index contributed by atoms with van der Waals surface area (Å²) in [6.45, 7) is 2.24. The van der Waals surface area contributed by atoms with Crippen molar-refractivity contribution in [1.29, 1.82) is 0 Å². The molecule has 1 aromatic heterocycles. The van der Waals surface area contributed by atoms with Crippen molar-refractivity contribution < 1.29 is 17.9 Å². The monoisotopic (exact) mass is 347 g/mol. The smallest absolute Gasteiger partial charge is 0.416 e. The van der Waals surface area contributed by atoms with E-state index in [-0.39, 0.29) is 5.52 Å². The molecule has 25 heavy (non-hydrogen) atoms. The van der Waals surface area contributed by atoms with E-state index in [1.54, 1.807) is 14.0 Å². The van der Waals surface area contributed by atoms with Gasteiger partial charge in [-0.2, -0.15) is 13.2 Å². The summed E-state index contributed by atoms with van der Waals surface area (Å²) in [4.78, 5) is 8.63. The molecule has 1 heterocycles. The molecular formula is C18H16F3N3O. The Hall–Kier alpha value is -2.83. The van der Waals surface area contributed by atoms with Gasteiger partial charge < -0.3 is 10.1 Å². The molecule has 0 bridgehead atoms. The minimum absolute atomic E-state index is 0.206. The molecule has 0 aliphatic carbocycles. The molecule has 3 aromatic rings. The molecule has 130 valence electrons. The molecule has 4 nitrogen and oxygen atoms in total. The van der Waals surface area contributed by atoms with Crippen molar-refractivity contribution in [3.8, 4) is 5.75 Å². The first-order chi connectivity index (χ1) is 11.9. The largest absolute Gasteiger partial charge is 0.497 e. The summed E-state index contributed by atoms with van der Waals surface area (Å²) in [6, 6.07) is 10.8. The van der Waals surface area contributed by atoms with Gasteiger partial charge in [0.25, 0.3) is 0 Å². The molecule has 7 heteroatoms. The average molecular weight is 347 g/mol. The maximum atomic E-state index is 12.9. The Labute approximate surface area is 142 Å². The number of nitrogens with one attached hydrogen (secondary N) is 1. The van der Waals surface area contributed by atoms with Crippen LogP contribution in [0.25, 0.3) is 11.0 Å². The van der Waals surface area contributed by atoms with Gasteiger partial charge in [0, 0.05) is 6.54 Å². The molecule has 3 rings (SSSR count). The highest BCUT2D eigenvalue weighted by atomic mass is 19.4. The molecule has 0 aliphatic rings. The molecule has 0 saturated carbocycles. The number of methoxy groups -OCH3 is 1. The highest BCUT2D eigenvalue weighted by Crippen LogP contribution is 2.31. The fraction of sp³-hybridized carbons (Fsp3) is 0.222. The SMILES string of the molecule is COc1ccc(CNc2nc3cc(C(F)(F)F)ccc3nc2C)cc1. The summed E-state index contributed by atoms with van der Waals surface area (Å²) < 4.78 is 43.7. The topological polar surface area (TPSA) is 47.0 Å². The van der Waals surface area contributed by atoms with E-state index >= 15 is 0 Å². The standard InChI is InChI=1S/C18H16F3N3O/c1-11-17(22-10-12-3-6-14(25-2)7-4-12)24-16-9-13(18(19,20)21)5-8-15(16)23-11/h3-9H,10H2,1-2H3,(H,22,24). The number of anilines is 1. The van der Waals surface area contributed by atoms with E-state index in [0.29, 0.717) is 23.6 Å². The maximum Gasteiger partial charge on any atom is 0.416 e. The second kappa shape index (κ2) is 6.58. The summed E-state index contributed by atoms with van der Waals surface area (Å²) in [5.41, 5.74) is 1.52. The van der Waals surface area contributed by atoms with E-state index in [0.717, 1.165) is 23.4 Å². The number of aryl methyl sites for hydroxylation is 1. The summed E-state index contributed by atoms with van der Waals surface area (Å²) in [6.07, 6.45) is -4.41. The van der Waals surface area contributed by atoms with E-state index in [1.807, 2.05) is 24.3 Å². The molecule has 0 fully saturated rings. The number of hydrogen-bond donors (Lipinski definition) is 1. The van der Waals surface area contributed by atoms with Gasteiger partial charge in [0.15, 0.2) is 0 Å². The van der Waals surface area contributed by atoms with Gasteiger partial charge >= 0.3 is 6.18 Å². The summed E-state index contributed by atoms with van der Waals surface area (Å²) >= 11 is 0. The Kier molecular flexibility index (Phi) is 4.48. The molecule has 1 N–H and O–H groups in total. The van der Waals surface area contributed by atoms with Crippen LogP contribution >= 0.6 is 0 Å². The quantitative estimate of drug-likeness (QED) is 0.751. The molecule has 0 aliphatic heterocycles. The number of nitrogens with zero attached hydrogens (tertiary/aromatic N) is 2. The Morgan fingerprint density at radius 1 is 1.00 bits per heavy atom. The summed E-state index contributed by atoms with van der Waals surface area (Å²) in [5, 5.41) is 3.12. The predicted octanol–water partition coefficient (Wildman–Crippen LogP) is 4.58. The van der Waals surface area contributed by atoms with Gasteiger partial charge in [-0.05, 0) is 42.8 Å². The molecule has 0 amide bonds. The third-order valence-electron chi connectivity index (χ3n) is 3.78. The Morgan fingerprint density at radius 3 is 2.36 bits per heavy atom. The van der Waals surface area contributed by atoms with Crippen LogP contribution in [0.4, 0.5) is 19.0 Å². The normalized spacial score (nSPS) is 11.6. The summed E-state index contributed by atoms with van der Waals surface area (Å²) in [7, 11) is 1.59. The number of alkyl halides is 3. The van der Waals surface area contributed by atoms with Crippen molar-refractivity contribution in [2.45, 2.75) is 19.6 Å². The van der Waals surface area contributed by atoms with Crippen LogP contribution in [-0.2, 0) is 12.7 Å². The zero-order chi connectivity index (χ0) is 18.0. The van der Waals surface area contributed by atoms with E-state index in [4.69, 9.17) is 4.74 Å². The first-order valence-corrected chi connectivity index (χ1v) is 7.59. The molecule has 2 aromatic carbocycles. The lowest BCUT2D eigenvalue weighted by atomic mass is 10.2. The number of halogens is 3. The van der Waals surface area contributed by atoms with Crippen LogP contribution in [0, 0.1) is 6.92 Å². The summed E-state index contributed by atoms with van der Waals surface area (Å²) in [5.74, 6) is 1.22.